The Kier molecular flexibility index (Phi) is 14.1. The maximum absolute atomic E-state index is 10.4. The molecule has 4 saturated heterocycles. The van der Waals surface area contributed by atoms with Gasteiger partial charge in [0, 0.05) is 43.4 Å². The SMILES string of the molecule is Cc1cc(C)cc(C2(CCO)CCN(Cc3ccccc3)CC2)c1.Cc1cc(C)cc(C23CC[N+](Cc4ccccc4)(CC2)CC3)c1.Cc1ccc(S(=O)(=O)[O-])cc1. The van der Waals surface area contributed by atoms with Crippen molar-refractivity contribution in [3.8, 4) is 0 Å². The van der Waals surface area contributed by atoms with Crippen molar-refractivity contribution in [2.24, 2.45) is 0 Å². The lowest BCUT2D eigenvalue weighted by atomic mass is 9.66. The van der Waals surface area contributed by atoms with Crippen molar-refractivity contribution in [1.82, 2.24) is 4.90 Å². The number of quaternary nitrogens is 1. The topological polar surface area (TPSA) is 80.7 Å². The second-order valence-electron chi connectivity index (χ2n) is 17.7. The Morgan fingerprint density at radius 1 is 0.603 bits per heavy atom. The molecule has 5 aromatic carbocycles. The molecule has 4 fully saturated rings. The average Bonchev–Trinajstić information content (AvgIpc) is 3.20. The number of hydrogen-bond donors (Lipinski definition) is 1. The first-order valence-electron chi connectivity index (χ1n) is 21.2. The molecule has 4 heterocycles. The molecule has 0 unspecified atom stereocenters. The molecule has 5 aromatic rings. The predicted octanol–water partition coefficient (Wildman–Crippen LogP) is 9.87. The van der Waals surface area contributed by atoms with Crippen LogP contribution in [0.15, 0.2) is 126 Å². The fourth-order valence-electron chi connectivity index (χ4n) is 9.85. The Morgan fingerprint density at radius 2 is 1.07 bits per heavy atom. The number of rotatable bonds is 9. The molecule has 6 nitrogen and oxygen atoms in total. The highest BCUT2D eigenvalue weighted by Gasteiger charge is 2.49. The normalized spacial score (nSPS) is 21.3. The summed E-state index contributed by atoms with van der Waals surface area (Å²) in [5.41, 5.74) is 13.0. The van der Waals surface area contributed by atoms with Gasteiger partial charge in [-0.3, -0.25) is 4.90 Å². The van der Waals surface area contributed by atoms with Gasteiger partial charge in [-0.05, 0) is 101 Å². The zero-order valence-corrected chi connectivity index (χ0v) is 36.2. The van der Waals surface area contributed by atoms with E-state index >= 15 is 0 Å². The standard InChI is InChI=1S/C22H29NO.C22H28N.C7H8O3S/c1-18-14-19(2)16-21(15-18)22(10-13-24)8-11-23(12-9-22)17-20-6-4-3-5-7-20;1-18-14-19(2)16-21(15-18)22-8-11-23(12-9-22,13-10-22)17-20-6-4-3-5-7-20;1-6-2-4-7(5-3-6)11(8,9)10/h3-7,14-16,24H,8-13,17H2,1-2H3;3-7,14-16H,8-13,17H2,1-2H3;2-5H,1H3,(H,8,9,10)/q;+1;/p-1. The highest BCUT2D eigenvalue weighted by Crippen LogP contribution is 2.47. The van der Waals surface area contributed by atoms with Gasteiger partial charge in [0.2, 0.25) is 0 Å². The molecule has 4 aliphatic heterocycles. The van der Waals surface area contributed by atoms with Crippen LogP contribution < -0.4 is 0 Å². The Balaban J connectivity index is 0.000000157. The summed E-state index contributed by atoms with van der Waals surface area (Å²) in [5, 5.41) is 9.67. The summed E-state index contributed by atoms with van der Waals surface area (Å²) >= 11 is 0. The van der Waals surface area contributed by atoms with Crippen molar-refractivity contribution in [3.63, 3.8) is 0 Å². The first-order chi connectivity index (χ1) is 27.7. The number of aliphatic hydroxyl groups excluding tert-OH is 1. The first kappa shape index (κ1) is 43.5. The molecule has 308 valence electrons. The van der Waals surface area contributed by atoms with Crippen LogP contribution in [-0.2, 0) is 34.0 Å². The number of aliphatic hydroxyl groups is 1. The van der Waals surface area contributed by atoms with Crippen LogP contribution >= 0.6 is 0 Å². The molecule has 4 aliphatic rings. The Bertz CT molecular complexity index is 2130. The van der Waals surface area contributed by atoms with Gasteiger partial charge in [0.05, 0.1) is 24.5 Å². The first-order valence-corrected chi connectivity index (χ1v) is 22.6. The number of hydrogen-bond acceptors (Lipinski definition) is 5. The van der Waals surface area contributed by atoms with Gasteiger partial charge in [-0.15, -0.1) is 0 Å². The molecule has 58 heavy (non-hydrogen) atoms. The number of benzene rings is 5. The predicted molar refractivity (Wildman–Crippen MR) is 236 cm³/mol. The molecule has 0 amide bonds. The number of aryl methyl sites for hydroxylation is 5. The van der Waals surface area contributed by atoms with Crippen LogP contribution in [0.1, 0.15) is 88.6 Å². The second-order valence-corrected chi connectivity index (χ2v) is 19.1. The fraction of sp³-hybridized carbons (Fsp3) is 0.412. The van der Waals surface area contributed by atoms with E-state index in [2.05, 4.69) is 130 Å². The molecule has 0 aliphatic carbocycles. The Labute approximate surface area is 348 Å². The summed E-state index contributed by atoms with van der Waals surface area (Å²) in [7, 11) is -4.27. The monoisotopic (exact) mass is 800 g/mol. The lowest BCUT2D eigenvalue weighted by Gasteiger charge is -2.55. The second kappa shape index (κ2) is 18.9. The minimum atomic E-state index is -4.27. The van der Waals surface area contributed by atoms with Crippen LogP contribution in [0.3, 0.4) is 0 Å². The summed E-state index contributed by atoms with van der Waals surface area (Å²) in [5.74, 6) is 0. The molecule has 0 atom stereocenters. The van der Waals surface area contributed by atoms with Gasteiger partial charge in [-0.1, -0.05) is 137 Å². The van der Waals surface area contributed by atoms with Crippen molar-refractivity contribution in [2.45, 2.75) is 102 Å². The van der Waals surface area contributed by atoms with Crippen LogP contribution in [0.25, 0.3) is 0 Å². The van der Waals surface area contributed by atoms with Crippen LogP contribution in [0, 0.1) is 34.6 Å². The van der Waals surface area contributed by atoms with E-state index in [4.69, 9.17) is 0 Å². The van der Waals surface area contributed by atoms with Crippen LogP contribution in [-0.4, -0.2) is 66.8 Å². The molecule has 0 aromatic heterocycles. The van der Waals surface area contributed by atoms with E-state index in [0.717, 1.165) is 44.5 Å². The Morgan fingerprint density at radius 3 is 1.53 bits per heavy atom. The van der Waals surface area contributed by atoms with Gasteiger partial charge in [-0.2, -0.15) is 0 Å². The maximum Gasteiger partial charge on any atom is 0.124 e. The third-order valence-electron chi connectivity index (χ3n) is 13.2. The van der Waals surface area contributed by atoms with Crippen molar-refractivity contribution in [1.29, 1.82) is 0 Å². The summed E-state index contributed by atoms with van der Waals surface area (Å²) < 4.78 is 32.5. The average molecular weight is 801 g/mol. The molecule has 9 rings (SSSR count). The van der Waals surface area contributed by atoms with E-state index in [1.165, 1.54) is 101 Å². The lowest BCUT2D eigenvalue weighted by molar-refractivity contribution is -0.955. The summed E-state index contributed by atoms with van der Waals surface area (Å²) in [6.45, 7) is 19.4. The Hall–Kier alpha value is -4.11. The van der Waals surface area contributed by atoms with Crippen LogP contribution in [0.4, 0.5) is 0 Å². The molecule has 0 saturated carbocycles. The minimum absolute atomic E-state index is 0.138. The maximum atomic E-state index is 10.4. The van der Waals surface area contributed by atoms with E-state index in [1.54, 1.807) is 17.7 Å². The number of likely N-dealkylation sites (tertiary alicyclic amines) is 1. The van der Waals surface area contributed by atoms with Gasteiger partial charge < -0.3 is 14.1 Å². The summed E-state index contributed by atoms with van der Waals surface area (Å²) in [6, 6.07) is 41.7. The molecule has 0 radical (unpaired) electrons. The fourth-order valence-corrected chi connectivity index (χ4v) is 10.3. The van der Waals surface area contributed by atoms with E-state index < -0.39 is 10.1 Å². The third kappa shape index (κ3) is 11.1. The summed E-state index contributed by atoms with van der Waals surface area (Å²) in [4.78, 5) is 2.37. The van der Waals surface area contributed by atoms with Gasteiger partial charge in [0.15, 0.2) is 0 Å². The third-order valence-corrected chi connectivity index (χ3v) is 14.0. The number of fused-ring (bicyclic) bond motifs is 3. The van der Waals surface area contributed by atoms with Crippen molar-refractivity contribution >= 4 is 10.1 Å². The van der Waals surface area contributed by atoms with Crippen molar-refractivity contribution in [3.05, 3.63) is 171 Å². The molecule has 0 spiro atoms. The van der Waals surface area contributed by atoms with E-state index in [0.29, 0.717) is 5.41 Å². The van der Waals surface area contributed by atoms with Gasteiger partial charge in [-0.25, -0.2) is 8.42 Å². The van der Waals surface area contributed by atoms with E-state index in [9.17, 15) is 18.1 Å². The number of nitrogens with zero attached hydrogens (tertiary/aromatic N) is 2. The quantitative estimate of drug-likeness (QED) is 0.119. The molecule has 7 heteroatoms. The highest BCUT2D eigenvalue weighted by molar-refractivity contribution is 7.85. The summed E-state index contributed by atoms with van der Waals surface area (Å²) in [6.07, 6.45) is 7.22. The van der Waals surface area contributed by atoms with Gasteiger partial charge in [0.25, 0.3) is 0 Å². The molecular weight excluding hydrogens is 737 g/mol. The highest BCUT2D eigenvalue weighted by atomic mass is 32.2. The zero-order chi connectivity index (χ0) is 41.4. The van der Waals surface area contributed by atoms with E-state index in [-0.39, 0.29) is 16.9 Å². The largest absolute Gasteiger partial charge is 0.744 e. The van der Waals surface area contributed by atoms with Crippen molar-refractivity contribution in [2.75, 3.05) is 39.3 Å². The minimum Gasteiger partial charge on any atom is -0.744 e. The molecular formula is C51H64N2O4S. The van der Waals surface area contributed by atoms with Crippen molar-refractivity contribution < 1.29 is 22.6 Å². The molecule has 2 bridgehead atoms. The van der Waals surface area contributed by atoms with Crippen LogP contribution in [0.2, 0.25) is 0 Å². The van der Waals surface area contributed by atoms with E-state index in [1.807, 2.05) is 6.92 Å². The lowest BCUT2D eigenvalue weighted by Crippen LogP contribution is -2.62. The number of piperidine rings is 4. The van der Waals surface area contributed by atoms with Gasteiger partial charge in [0.1, 0.15) is 16.7 Å². The van der Waals surface area contributed by atoms with Crippen LogP contribution in [0.5, 0.6) is 0 Å². The molecule has 1 N–H and O–H groups in total. The van der Waals surface area contributed by atoms with Gasteiger partial charge >= 0.3 is 0 Å². The smallest absolute Gasteiger partial charge is 0.124 e. The zero-order valence-electron chi connectivity index (χ0n) is 35.4.